The fourth-order valence-electron chi connectivity index (χ4n) is 4.09. The van der Waals surface area contributed by atoms with Gasteiger partial charge in [-0.1, -0.05) is 68.4 Å². The first-order chi connectivity index (χ1) is 10.2. The zero-order valence-electron chi connectivity index (χ0n) is 13.0. The van der Waals surface area contributed by atoms with Crippen LogP contribution in [0.4, 0.5) is 0 Å². The Hall–Kier alpha value is -1.60. The van der Waals surface area contributed by atoms with E-state index in [1.165, 1.54) is 29.5 Å². The van der Waals surface area contributed by atoms with Crippen LogP contribution in [0.1, 0.15) is 44.6 Å². The van der Waals surface area contributed by atoms with Crippen molar-refractivity contribution in [2.45, 2.75) is 45.1 Å². The van der Waals surface area contributed by atoms with Crippen molar-refractivity contribution in [2.75, 3.05) is 0 Å². The zero-order valence-corrected chi connectivity index (χ0v) is 13.0. The van der Waals surface area contributed by atoms with Crippen molar-refractivity contribution in [1.29, 1.82) is 0 Å². The lowest BCUT2D eigenvalue weighted by atomic mass is 9.52. The van der Waals surface area contributed by atoms with E-state index >= 15 is 0 Å². The van der Waals surface area contributed by atoms with Gasteiger partial charge in [-0.3, -0.25) is 0 Å². The molecular weight excluding hydrogens is 254 g/mol. The molecule has 0 aromatic heterocycles. The van der Waals surface area contributed by atoms with E-state index in [-0.39, 0.29) is 0 Å². The van der Waals surface area contributed by atoms with Crippen molar-refractivity contribution >= 4 is 0 Å². The molecule has 21 heavy (non-hydrogen) atoms. The summed E-state index contributed by atoms with van der Waals surface area (Å²) in [5.74, 6) is 0.632. The minimum absolute atomic E-state index is 0.314. The monoisotopic (exact) mass is 279 g/mol. The van der Waals surface area contributed by atoms with Crippen LogP contribution in [0, 0.1) is 5.41 Å². The van der Waals surface area contributed by atoms with Crippen LogP contribution in [0.5, 0.6) is 0 Å². The first-order valence-corrected chi connectivity index (χ1v) is 8.12. The molecule has 1 nitrogen and oxygen atoms in total. The zero-order chi connectivity index (χ0) is 14.9. The van der Waals surface area contributed by atoms with Gasteiger partial charge in [-0.2, -0.15) is 0 Å². The van der Waals surface area contributed by atoms with Crippen molar-refractivity contribution in [1.82, 2.24) is 0 Å². The molecule has 0 heterocycles. The Labute approximate surface area is 128 Å². The van der Waals surface area contributed by atoms with Crippen molar-refractivity contribution in [2.24, 2.45) is 11.1 Å². The van der Waals surface area contributed by atoms with E-state index in [2.05, 4.69) is 68.4 Å². The van der Waals surface area contributed by atoms with Crippen LogP contribution in [-0.2, 0) is 0 Å². The third kappa shape index (κ3) is 2.30. The second-order valence-electron chi connectivity index (χ2n) is 6.32. The molecule has 0 spiro atoms. The van der Waals surface area contributed by atoms with Crippen LogP contribution in [0.3, 0.4) is 0 Å². The Morgan fingerprint density at radius 3 is 2.00 bits per heavy atom. The topological polar surface area (TPSA) is 26.0 Å². The van der Waals surface area contributed by atoms with Gasteiger partial charge in [-0.05, 0) is 47.3 Å². The first kappa shape index (κ1) is 14.3. The van der Waals surface area contributed by atoms with Crippen LogP contribution >= 0.6 is 0 Å². The minimum Gasteiger partial charge on any atom is -0.327 e. The average molecular weight is 279 g/mol. The predicted molar refractivity (Wildman–Crippen MR) is 90.2 cm³/mol. The summed E-state index contributed by atoms with van der Waals surface area (Å²) in [6.45, 7) is 4.57. The third-order valence-corrected chi connectivity index (χ3v) is 5.66. The van der Waals surface area contributed by atoms with Gasteiger partial charge in [0.15, 0.2) is 0 Å². The Kier molecular flexibility index (Phi) is 3.86. The molecule has 2 aromatic rings. The van der Waals surface area contributed by atoms with Gasteiger partial charge in [0.05, 0.1) is 0 Å². The highest BCUT2D eigenvalue weighted by Crippen LogP contribution is 2.56. The number of hydrogen-bond acceptors (Lipinski definition) is 1. The summed E-state index contributed by atoms with van der Waals surface area (Å²) < 4.78 is 0. The molecule has 1 aliphatic carbocycles. The maximum atomic E-state index is 6.33. The summed E-state index contributed by atoms with van der Waals surface area (Å²) in [5.41, 5.74) is 10.7. The average Bonchev–Trinajstić information content (AvgIpc) is 2.55. The number of nitrogens with two attached hydrogens (primary N) is 1. The molecule has 0 bridgehead atoms. The summed E-state index contributed by atoms with van der Waals surface area (Å²) in [6.07, 6.45) is 3.48. The smallest absolute Gasteiger partial charge is 0.0107 e. The van der Waals surface area contributed by atoms with E-state index in [9.17, 15) is 0 Å². The highest BCUT2D eigenvalue weighted by molar-refractivity contribution is 5.63. The molecular formula is C20H25N. The molecule has 1 fully saturated rings. The Morgan fingerprint density at radius 2 is 1.48 bits per heavy atom. The van der Waals surface area contributed by atoms with Gasteiger partial charge in [0.25, 0.3) is 0 Å². The third-order valence-electron chi connectivity index (χ3n) is 5.66. The molecule has 0 amide bonds. The van der Waals surface area contributed by atoms with Crippen LogP contribution in [-0.4, -0.2) is 6.04 Å². The molecule has 2 N–H and O–H groups in total. The first-order valence-electron chi connectivity index (χ1n) is 8.12. The van der Waals surface area contributed by atoms with E-state index in [4.69, 9.17) is 5.73 Å². The SMILES string of the molecule is CCC1(CC)C(N)CC1c1ccc(-c2ccccc2)cc1. The molecule has 1 heteroatoms. The Morgan fingerprint density at radius 1 is 0.905 bits per heavy atom. The number of benzene rings is 2. The molecule has 0 saturated heterocycles. The largest absolute Gasteiger partial charge is 0.327 e. The highest BCUT2D eigenvalue weighted by atomic mass is 14.8. The van der Waals surface area contributed by atoms with Gasteiger partial charge in [0, 0.05) is 6.04 Å². The van der Waals surface area contributed by atoms with E-state index in [0.29, 0.717) is 17.4 Å². The standard InChI is InChI=1S/C20H25N/c1-3-20(4-2)18(14-19(20)21)17-12-10-16(11-13-17)15-8-6-5-7-9-15/h5-13,18-19H,3-4,14,21H2,1-2H3. The van der Waals surface area contributed by atoms with Crippen molar-refractivity contribution in [3.63, 3.8) is 0 Å². The fourth-order valence-corrected chi connectivity index (χ4v) is 4.09. The second-order valence-corrected chi connectivity index (χ2v) is 6.32. The quantitative estimate of drug-likeness (QED) is 0.839. The normalized spacial score (nSPS) is 23.6. The summed E-state index contributed by atoms with van der Waals surface area (Å²) in [5, 5.41) is 0. The summed E-state index contributed by atoms with van der Waals surface area (Å²) >= 11 is 0. The van der Waals surface area contributed by atoms with E-state index < -0.39 is 0 Å². The molecule has 0 aliphatic heterocycles. The lowest BCUT2D eigenvalue weighted by Gasteiger charge is -2.55. The van der Waals surface area contributed by atoms with Crippen molar-refractivity contribution in [3.8, 4) is 11.1 Å². The van der Waals surface area contributed by atoms with E-state index in [0.717, 1.165) is 6.42 Å². The molecule has 2 atom stereocenters. The van der Waals surface area contributed by atoms with E-state index in [1.54, 1.807) is 0 Å². The summed E-state index contributed by atoms with van der Waals surface area (Å²) in [4.78, 5) is 0. The number of hydrogen-bond donors (Lipinski definition) is 1. The van der Waals surface area contributed by atoms with Gasteiger partial charge in [-0.15, -0.1) is 0 Å². The predicted octanol–water partition coefficient (Wildman–Crippen LogP) is 4.97. The highest BCUT2D eigenvalue weighted by Gasteiger charge is 2.50. The van der Waals surface area contributed by atoms with Gasteiger partial charge >= 0.3 is 0 Å². The van der Waals surface area contributed by atoms with Gasteiger partial charge in [0.2, 0.25) is 0 Å². The van der Waals surface area contributed by atoms with Crippen LogP contribution in [0.15, 0.2) is 54.6 Å². The second kappa shape index (κ2) is 5.65. The van der Waals surface area contributed by atoms with Crippen molar-refractivity contribution < 1.29 is 0 Å². The minimum atomic E-state index is 0.314. The maximum Gasteiger partial charge on any atom is 0.0107 e. The van der Waals surface area contributed by atoms with Crippen LogP contribution in [0.2, 0.25) is 0 Å². The van der Waals surface area contributed by atoms with Crippen LogP contribution < -0.4 is 5.73 Å². The van der Waals surface area contributed by atoms with Gasteiger partial charge < -0.3 is 5.73 Å². The van der Waals surface area contributed by atoms with Crippen molar-refractivity contribution in [3.05, 3.63) is 60.2 Å². The lowest BCUT2D eigenvalue weighted by Crippen LogP contribution is -2.55. The molecule has 2 aromatic carbocycles. The lowest BCUT2D eigenvalue weighted by molar-refractivity contribution is 0.0438. The molecule has 110 valence electrons. The Balaban J connectivity index is 1.85. The number of rotatable bonds is 4. The molecule has 0 radical (unpaired) electrons. The van der Waals surface area contributed by atoms with Gasteiger partial charge in [-0.25, -0.2) is 0 Å². The van der Waals surface area contributed by atoms with Gasteiger partial charge in [0.1, 0.15) is 0 Å². The van der Waals surface area contributed by atoms with E-state index in [1.807, 2.05) is 0 Å². The molecule has 1 saturated carbocycles. The molecule has 2 unspecified atom stereocenters. The molecule has 1 aliphatic rings. The van der Waals surface area contributed by atoms with Crippen LogP contribution in [0.25, 0.3) is 11.1 Å². The maximum absolute atomic E-state index is 6.33. The summed E-state index contributed by atoms with van der Waals surface area (Å²) in [7, 11) is 0. The molecule has 3 rings (SSSR count). The summed E-state index contributed by atoms with van der Waals surface area (Å²) in [6, 6.07) is 20.1. The Bertz CT molecular complexity index is 581. The fraction of sp³-hybridized carbons (Fsp3) is 0.400.